The monoisotopic (exact) mass is 237 g/mol. The normalized spacial score (nSPS) is 12.1. The van der Waals surface area contributed by atoms with Gasteiger partial charge >= 0.3 is 5.97 Å². The average Bonchev–Trinajstić information content (AvgIpc) is 2.78. The summed E-state index contributed by atoms with van der Waals surface area (Å²) < 4.78 is 6.75. The van der Waals surface area contributed by atoms with Gasteiger partial charge < -0.3 is 9.30 Å². The molecule has 17 heavy (non-hydrogen) atoms. The summed E-state index contributed by atoms with van der Waals surface area (Å²) in [6, 6.07) is -0.493. The van der Waals surface area contributed by atoms with Crippen molar-refractivity contribution in [1.82, 2.24) is 14.9 Å². The zero-order chi connectivity index (χ0) is 12.7. The summed E-state index contributed by atoms with van der Waals surface area (Å²) in [5.41, 5.74) is 0.820. The smallest absolute Gasteiger partial charge is 0.329 e. The SMILES string of the molecule is C=CCNC(C(=O)OC)c1cncn1CCC. The molecule has 1 heterocycles. The molecule has 0 aliphatic heterocycles. The Kier molecular flexibility index (Phi) is 5.42. The number of aryl methyl sites for hydroxylation is 1. The molecule has 94 valence electrons. The van der Waals surface area contributed by atoms with Gasteiger partial charge in [-0.2, -0.15) is 0 Å². The second-order valence-electron chi connectivity index (χ2n) is 3.66. The Labute approximate surface area is 101 Å². The molecular formula is C12H19N3O2. The number of carbonyl (C=O) groups excluding carboxylic acids is 1. The highest BCUT2D eigenvalue weighted by Crippen LogP contribution is 2.14. The topological polar surface area (TPSA) is 56.1 Å². The molecule has 0 amide bonds. The Balaban J connectivity index is 2.90. The van der Waals surface area contributed by atoms with E-state index in [4.69, 9.17) is 4.74 Å². The van der Waals surface area contributed by atoms with E-state index in [2.05, 4.69) is 23.8 Å². The molecule has 5 nitrogen and oxygen atoms in total. The van der Waals surface area contributed by atoms with Crippen molar-refractivity contribution in [2.45, 2.75) is 25.9 Å². The number of aromatic nitrogens is 2. The van der Waals surface area contributed by atoms with Crippen LogP contribution >= 0.6 is 0 Å². The fraction of sp³-hybridized carbons (Fsp3) is 0.500. The van der Waals surface area contributed by atoms with E-state index in [0.717, 1.165) is 18.7 Å². The second kappa shape index (κ2) is 6.85. The molecular weight excluding hydrogens is 218 g/mol. The van der Waals surface area contributed by atoms with Crippen LogP contribution in [0.1, 0.15) is 25.1 Å². The van der Waals surface area contributed by atoms with Gasteiger partial charge in [-0.25, -0.2) is 9.78 Å². The zero-order valence-corrected chi connectivity index (χ0v) is 10.3. The van der Waals surface area contributed by atoms with Crippen LogP contribution < -0.4 is 5.32 Å². The Morgan fingerprint density at radius 3 is 3.12 bits per heavy atom. The molecule has 1 atom stereocenters. The molecule has 1 rings (SSSR count). The number of imidazole rings is 1. The van der Waals surface area contributed by atoms with Crippen molar-refractivity contribution < 1.29 is 9.53 Å². The highest BCUT2D eigenvalue weighted by atomic mass is 16.5. The van der Waals surface area contributed by atoms with Crippen LogP contribution in [0.25, 0.3) is 0 Å². The van der Waals surface area contributed by atoms with Crippen LogP contribution in [0.15, 0.2) is 25.2 Å². The fourth-order valence-corrected chi connectivity index (χ4v) is 1.63. The van der Waals surface area contributed by atoms with Crippen LogP contribution in [0.4, 0.5) is 0 Å². The first-order valence-corrected chi connectivity index (χ1v) is 5.66. The maximum Gasteiger partial charge on any atom is 0.329 e. The Bertz CT molecular complexity index is 374. The molecule has 1 N–H and O–H groups in total. The highest BCUT2D eigenvalue weighted by Gasteiger charge is 2.23. The predicted octanol–water partition coefficient (Wildman–Crippen LogP) is 1.28. The number of methoxy groups -OCH3 is 1. The van der Waals surface area contributed by atoms with E-state index in [9.17, 15) is 4.79 Å². The van der Waals surface area contributed by atoms with E-state index in [1.54, 1.807) is 18.6 Å². The number of ether oxygens (including phenoxy) is 1. The van der Waals surface area contributed by atoms with Gasteiger partial charge in [0, 0.05) is 13.1 Å². The van der Waals surface area contributed by atoms with Crippen LogP contribution in [0.2, 0.25) is 0 Å². The number of nitrogens with zero attached hydrogens (tertiary/aromatic N) is 2. The standard InChI is InChI=1S/C12H19N3O2/c1-4-6-14-11(12(16)17-3)10-8-13-9-15(10)7-5-2/h4,8-9,11,14H,1,5-7H2,2-3H3. The first kappa shape index (κ1) is 13.4. The first-order valence-electron chi connectivity index (χ1n) is 5.66. The van der Waals surface area contributed by atoms with E-state index in [1.165, 1.54) is 7.11 Å². The zero-order valence-electron chi connectivity index (χ0n) is 10.3. The molecule has 0 aliphatic carbocycles. The van der Waals surface area contributed by atoms with Crippen molar-refractivity contribution >= 4 is 5.97 Å². The summed E-state index contributed by atoms with van der Waals surface area (Å²) in [5.74, 6) is -0.315. The molecule has 0 saturated heterocycles. The maximum atomic E-state index is 11.7. The minimum Gasteiger partial charge on any atom is -0.468 e. The Morgan fingerprint density at radius 2 is 2.53 bits per heavy atom. The van der Waals surface area contributed by atoms with Crippen molar-refractivity contribution in [2.24, 2.45) is 0 Å². The number of rotatable bonds is 7. The molecule has 1 unspecified atom stereocenters. The lowest BCUT2D eigenvalue weighted by atomic mass is 10.2. The molecule has 0 fully saturated rings. The summed E-state index contributed by atoms with van der Waals surface area (Å²) in [6.07, 6.45) is 6.10. The van der Waals surface area contributed by atoms with E-state index in [-0.39, 0.29) is 5.97 Å². The van der Waals surface area contributed by atoms with E-state index >= 15 is 0 Å². The van der Waals surface area contributed by atoms with Gasteiger partial charge in [0.05, 0.1) is 25.3 Å². The number of hydrogen-bond acceptors (Lipinski definition) is 4. The molecule has 0 spiro atoms. The Morgan fingerprint density at radius 1 is 1.76 bits per heavy atom. The number of esters is 1. The molecule has 1 aromatic rings. The van der Waals surface area contributed by atoms with Crippen molar-refractivity contribution in [3.8, 4) is 0 Å². The minimum absolute atomic E-state index is 0.315. The highest BCUT2D eigenvalue weighted by molar-refractivity contribution is 5.76. The third kappa shape index (κ3) is 3.42. The van der Waals surface area contributed by atoms with Crippen LogP contribution in [0, 0.1) is 0 Å². The fourth-order valence-electron chi connectivity index (χ4n) is 1.63. The van der Waals surface area contributed by atoms with Crippen LogP contribution in [0.5, 0.6) is 0 Å². The van der Waals surface area contributed by atoms with Crippen LogP contribution in [0.3, 0.4) is 0 Å². The van der Waals surface area contributed by atoms with E-state index < -0.39 is 6.04 Å². The van der Waals surface area contributed by atoms with Gasteiger partial charge in [-0.3, -0.25) is 5.32 Å². The Hall–Kier alpha value is -1.62. The number of hydrogen-bond donors (Lipinski definition) is 1. The third-order valence-electron chi connectivity index (χ3n) is 2.41. The lowest BCUT2D eigenvalue weighted by Crippen LogP contribution is -2.31. The molecule has 0 aliphatic rings. The average molecular weight is 237 g/mol. The molecule has 0 saturated carbocycles. The predicted molar refractivity (Wildman–Crippen MR) is 65.5 cm³/mol. The van der Waals surface area contributed by atoms with Gasteiger partial charge in [0.1, 0.15) is 6.04 Å². The van der Waals surface area contributed by atoms with Gasteiger partial charge in [-0.05, 0) is 6.42 Å². The van der Waals surface area contributed by atoms with E-state index in [0.29, 0.717) is 6.54 Å². The summed E-state index contributed by atoms with van der Waals surface area (Å²) in [6.45, 7) is 7.07. The third-order valence-corrected chi connectivity index (χ3v) is 2.41. The molecule has 0 aromatic carbocycles. The summed E-state index contributed by atoms with van der Waals surface area (Å²) in [7, 11) is 1.38. The van der Waals surface area contributed by atoms with Gasteiger partial charge in [0.25, 0.3) is 0 Å². The summed E-state index contributed by atoms with van der Waals surface area (Å²) in [5, 5.41) is 3.07. The van der Waals surface area contributed by atoms with Crippen molar-refractivity contribution in [2.75, 3.05) is 13.7 Å². The second-order valence-corrected chi connectivity index (χ2v) is 3.66. The molecule has 0 radical (unpaired) electrons. The molecule has 1 aromatic heterocycles. The van der Waals surface area contributed by atoms with Gasteiger partial charge in [0.15, 0.2) is 0 Å². The summed E-state index contributed by atoms with van der Waals surface area (Å²) in [4.78, 5) is 15.8. The van der Waals surface area contributed by atoms with Gasteiger partial charge in [0.2, 0.25) is 0 Å². The van der Waals surface area contributed by atoms with Crippen molar-refractivity contribution in [3.05, 3.63) is 30.9 Å². The number of nitrogens with one attached hydrogen (secondary N) is 1. The first-order chi connectivity index (χ1) is 8.24. The van der Waals surface area contributed by atoms with E-state index in [1.807, 2.05) is 4.57 Å². The largest absolute Gasteiger partial charge is 0.468 e. The lowest BCUT2D eigenvalue weighted by Gasteiger charge is -2.17. The van der Waals surface area contributed by atoms with Crippen molar-refractivity contribution in [3.63, 3.8) is 0 Å². The van der Waals surface area contributed by atoms with Crippen LogP contribution in [-0.2, 0) is 16.1 Å². The van der Waals surface area contributed by atoms with Crippen LogP contribution in [-0.4, -0.2) is 29.2 Å². The maximum absolute atomic E-state index is 11.7. The number of carbonyl (C=O) groups is 1. The molecule has 0 bridgehead atoms. The van der Waals surface area contributed by atoms with Gasteiger partial charge in [-0.1, -0.05) is 13.0 Å². The minimum atomic E-state index is -0.493. The lowest BCUT2D eigenvalue weighted by molar-refractivity contribution is -0.143. The summed E-state index contributed by atoms with van der Waals surface area (Å²) >= 11 is 0. The van der Waals surface area contributed by atoms with Crippen molar-refractivity contribution in [1.29, 1.82) is 0 Å². The quantitative estimate of drug-likeness (QED) is 0.573. The molecule has 5 heteroatoms. The van der Waals surface area contributed by atoms with Gasteiger partial charge in [-0.15, -0.1) is 6.58 Å².